The van der Waals surface area contributed by atoms with Gasteiger partial charge in [-0.15, -0.1) is 0 Å². The number of aliphatic hydroxyl groups excluding tert-OH is 1. The molecule has 92 valence electrons. The molecule has 17 heavy (non-hydrogen) atoms. The Morgan fingerprint density at radius 3 is 2.82 bits per heavy atom. The van der Waals surface area contributed by atoms with Crippen molar-refractivity contribution in [2.45, 2.75) is 19.3 Å². The number of carbonyl (C=O) groups excluding carboxylic acids is 1. The van der Waals surface area contributed by atoms with Crippen molar-refractivity contribution in [1.29, 1.82) is 0 Å². The molecule has 1 N–H and O–H groups in total. The van der Waals surface area contributed by atoms with Gasteiger partial charge in [-0.25, -0.2) is 0 Å². The molecular weight excluding hydrogens is 216 g/mol. The SMILES string of the molecule is CN(CCc1ccccn1)C(=O)C1(CO)CC1. The average Bonchev–Trinajstić information content (AvgIpc) is 3.17. The van der Waals surface area contributed by atoms with Crippen LogP contribution in [0.1, 0.15) is 18.5 Å². The van der Waals surface area contributed by atoms with Crippen LogP contribution in [-0.4, -0.2) is 41.1 Å². The van der Waals surface area contributed by atoms with Crippen LogP contribution in [0, 0.1) is 5.41 Å². The Morgan fingerprint density at radius 2 is 2.29 bits per heavy atom. The summed E-state index contributed by atoms with van der Waals surface area (Å²) in [4.78, 5) is 18.0. The van der Waals surface area contributed by atoms with E-state index in [1.165, 1.54) is 0 Å². The Bertz CT molecular complexity index is 388. The quantitative estimate of drug-likeness (QED) is 0.822. The molecule has 1 aromatic heterocycles. The number of aromatic nitrogens is 1. The summed E-state index contributed by atoms with van der Waals surface area (Å²) in [5.41, 5.74) is 0.528. The fourth-order valence-corrected chi connectivity index (χ4v) is 1.93. The standard InChI is InChI=1S/C13H18N2O2/c1-15(12(17)13(10-16)6-7-13)9-5-11-4-2-3-8-14-11/h2-4,8,16H,5-7,9-10H2,1H3. The second-order valence-electron chi connectivity index (χ2n) is 4.74. The van der Waals surface area contributed by atoms with Crippen LogP contribution in [0.3, 0.4) is 0 Å². The fourth-order valence-electron chi connectivity index (χ4n) is 1.93. The summed E-state index contributed by atoms with van der Waals surface area (Å²) in [7, 11) is 1.79. The predicted octanol–water partition coefficient (Wildman–Crippen LogP) is 0.855. The number of hydrogen-bond donors (Lipinski definition) is 1. The number of aliphatic hydroxyl groups is 1. The number of rotatable bonds is 5. The lowest BCUT2D eigenvalue weighted by Crippen LogP contribution is -2.37. The molecule has 4 nitrogen and oxygen atoms in total. The topological polar surface area (TPSA) is 53.4 Å². The summed E-state index contributed by atoms with van der Waals surface area (Å²) in [5.74, 6) is 0.0657. The molecule has 1 heterocycles. The molecule has 4 heteroatoms. The Balaban J connectivity index is 1.86. The summed E-state index contributed by atoms with van der Waals surface area (Å²) in [5, 5.41) is 9.20. The molecule has 1 amide bonds. The number of pyridine rings is 1. The fraction of sp³-hybridized carbons (Fsp3) is 0.538. The number of likely N-dealkylation sites (N-methyl/N-ethyl adjacent to an activating group) is 1. The van der Waals surface area contributed by atoms with Crippen LogP contribution >= 0.6 is 0 Å². The van der Waals surface area contributed by atoms with Gasteiger partial charge in [-0.1, -0.05) is 6.07 Å². The summed E-state index contributed by atoms with van der Waals surface area (Å²) >= 11 is 0. The average molecular weight is 234 g/mol. The molecule has 0 atom stereocenters. The van der Waals surface area contributed by atoms with E-state index in [0.29, 0.717) is 6.54 Å². The Morgan fingerprint density at radius 1 is 1.53 bits per heavy atom. The highest BCUT2D eigenvalue weighted by molar-refractivity contribution is 5.85. The van der Waals surface area contributed by atoms with Crippen molar-refractivity contribution in [2.75, 3.05) is 20.2 Å². The summed E-state index contributed by atoms with van der Waals surface area (Å²) in [6.45, 7) is 0.622. The first-order valence-corrected chi connectivity index (χ1v) is 5.94. The van der Waals surface area contributed by atoms with Crippen LogP contribution in [0.15, 0.2) is 24.4 Å². The molecular formula is C13H18N2O2. The third-order valence-corrected chi connectivity index (χ3v) is 3.39. The summed E-state index contributed by atoms with van der Waals surface area (Å²) < 4.78 is 0. The summed E-state index contributed by atoms with van der Waals surface area (Å²) in [6, 6.07) is 5.78. The first-order chi connectivity index (χ1) is 8.18. The minimum Gasteiger partial charge on any atom is -0.395 e. The largest absolute Gasteiger partial charge is 0.395 e. The van der Waals surface area contributed by atoms with E-state index in [9.17, 15) is 9.90 Å². The van der Waals surface area contributed by atoms with E-state index in [1.807, 2.05) is 18.2 Å². The molecule has 0 aliphatic heterocycles. The molecule has 0 saturated heterocycles. The van der Waals surface area contributed by atoms with Crippen molar-refractivity contribution < 1.29 is 9.90 Å². The second-order valence-corrected chi connectivity index (χ2v) is 4.74. The molecule has 1 aliphatic carbocycles. The zero-order chi connectivity index (χ0) is 12.3. The first-order valence-electron chi connectivity index (χ1n) is 5.94. The van der Waals surface area contributed by atoms with Crippen LogP contribution < -0.4 is 0 Å². The van der Waals surface area contributed by atoms with Gasteiger partial charge in [0.15, 0.2) is 0 Å². The number of carbonyl (C=O) groups is 1. The van der Waals surface area contributed by atoms with Gasteiger partial charge in [0.2, 0.25) is 5.91 Å². The molecule has 0 unspecified atom stereocenters. The third-order valence-electron chi connectivity index (χ3n) is 3.39. The monoisotopic (exact) mass is 234 g/mol. The van der Waals surface area contributed by atoms with Crippen LogP contribution in [-0.2, 0) is 11.2 Å². The van der Waals surface area contributed by atoms with Gasteiger partial charge in [0.1, 0.15) is 0 Å². The van der Waals surface area contributed by atoms with E-state index in [0.717, 1.165) is 25.0 Å². The molecule has 1 fully saturated rings. The van der Waals surface area contributed by atoms with Gasteiger partial charge in [-0.2, -0.15) is 0 Å². The smallest absolute Gasteiger partial charge is 0.230 e. The lowest BCUT2D eigenvalue weighted by Gasteiger charge is -2.21. The van der Waals surface area contributed by atoms with Crippen molar-refractivity contribution >= 4 is 5.91 Å². The van der Waals surface area contributed by atoms with Crippen molar-refractivity contribution in [3.05, 3.63) is 30.1 Å². The Labute approximate surface area is 101 Å². The van der Waals surface area contributed by atoms with Crippen molar-refractivity contribution in [1.82, 2.24) is 9.88 Å². The molecule has 0 radical (unpaired) electrons. The van der Waals surface area contributed by atoms with Gasteiger partial charge in [-0.3, -0.25) is 9.78 Å². The van der Waals surface area contributed by atoms with Crippen LogP contribution in [0.25, 0.3) is 0 Å². The number of amides is 1. The molecule has 2 rings (SSSR count). The molecule has 0 bridgehead atoms. The van der Waals surface area contributed by atoms with E-state index in [4.69, 9.17) is 0 Å². The van der Waals surface area contributed by atoms with Gasteiger partial charge in [0, 0.05) is 31.9 Å². The van der Waals surface area contributed by atoms with E-state index in [1.54, 1.807) is 18.1 Å². The minimum absolute atomic E-state index is 0.0280. The van der Waals surface area contributed by atoms with Crippen molar-refractivity contribution in [3.63, 3.8) is 0 Å². The van der Waals surface area contributed by atoms with E-state index in [2.05, 4.69) is 4.98 Å². The van der Waals surface area contributed by atoms with Gasteiger partial charge in [-0.05, 0) is 25.0 Å². The third kappa shape index (κ3) is 2.64. The van der Waals surface area contributed by atoms with Crippen LogP contribution in [0.5, 0.6) is 0 Å². The van der Waals surface area contributed by atoms with Crippen LogP contribution in [0.4, 0.5) is 0 Å². The maximum atomic E-state index is 12.0. The lowest BCUT2D eigenvalue weighted by atomic mass is 10.1. The van der Waals surface area contributed by atoms with Gasteiger partial charge < -0.3 is 10.0 Å². The Kier molecular flexibility index (Phi) is 3.43. The Hall–Kier alpha value is -1.42. The number of hydrogen-bond acceptors (Lipinski definition) is 3. The normalized spacial score (nSPS) is 16.6. The molecule has 1 aliphatic rings. The van der Waals surface area contributed by atoms with Gasteiger partial charge in [0.25, 0.3) is 0 Å². The first kappa shape index (κ1) is 12.0. The predicted molar refractivity (Wildman–Crippen MR) is 64.3 cm³/mol. The summed E-state index contributed by atoms with van der Waals surface area (Å²) in [6.07, 6.45) is 4.14. The zero-order valence-corrected chi connectivity index (χ0v) is 10.1. The highest BCUT2D eigenvalue weighted by Crippen LogP contribution is 2.46. The molecule has 0 spiro atoms. The lowest BCUT2D eigenvalue weighted by molar-refractivity contribution is -0.137. The number of nitrogens with zero attached hydrogens (tertiary/aromatic N) is 2. The maximum absolute atomic E-state index is 12.0. The molecule has 0 aromatic carbocycles. The van der Waals surface area contributed by atoms with Crippen molar-refractivity contribution in [3.8, 4) is 0 Å². The molecule has 1 saturated carbocycles. The van der Waals surface area contributed by atoms with Crippen LogP contribution in [0.2, 0.25) is 0 Å². The molecule has 1 aromatic rings. The van der Waals surface area contributed by atoms with E-state index in [-0.39, 0.29) is 12.5 Å². The van der Waals surface area contributed by atoms with E-state index >= 15 is 0 Å². The highest BCUT2D eigenvalue weighted by atomic mass is 16.3. The zero-order valence-electron chi connectivity index (χ0n) is 10.1. The van der Waals surface area contributed by atoms with Gasteiger partial charge in [0.05, 0.1) is 12.0 Å². The van der Waals surface area contributed by atoms with Crippen molar-refractivity contribution in [2.24, 2.45) is 5.41 Å². The minimum atomic E-state index is -0.459. The highest BCUT2D eigenvalue weighted by Gasteiger charge is 2.50. The second kappa shape index (κ2) is 4.84. The maximum Gasteiger partial charge on any atom is 0.230 e. The van der Waals surface area contributed by atoms with Gasteiger partial charge >= 0.3 is 0 Å². The van der Waals surface area contributed by atoms with E-state index < -0.39 is 5.41 Å².